The second kappa shape index (κ2) is 6.80. The Balaban J connectivity index is 1.61. The minimum Gasteiger partial charge on any atom is -0.296 e. The molecule has 0 aromatic heterocycles. The van der Waals surface area contributed by atoms with Crippen LogP contribution in [0.25, 0.3) is 0 Å². The van der Waals surface area contributed by atoms with Crippen molar-refractivity contribution in [2.45, 2.75) is 43.2 Å². The zero-order valence-corrected chi connectivity index (χ0v) is 16.2. The number of nitrogens with zero attached hydrogens (tertiary/aromatic N) is 2. The van der Waals surface area contributed by atoms with Crippen LogP contribution in [0.2, 0.25) is 0 Å². The predicted octanol–water partition coefficient (Wildman–Crippen LogP) is 3.38. The summed E-state index contributed by atoms with van der Waals surface area (Å²) in [4.78, 5) is 2.95. The molecule has 0 N–H and O–H groups in total. The highest BCUT2D eigenvalue weighted by molar-refractivity contribution is 7.89. The standard InChI is InChI=1S/C21H26N2O2S/c1-16-7-3-6-10-21(16)26(24,25)22(2)18-12-14-23-13-11-17-8-4-5-9-19(17)20(23)15-18/h3-10,18,20H,11-15H2,1-2H3/t18-,20+/m1/s1. The molecule has 0 radical (unpaired) electrons. The van der Waals surface area contributed by atoms with Crippen molar-refractivity contribution >= 4 is 10.0 Å². The third kappa shape index (κ3) is 2.98. The summed E-state index contributed by atoms with van der Waals surface area (Å²) >= 11 is 0. The highest BCUT2D eigenvalue weighted by atomic mass is 32.2. The first-order valence-corrected chi connectivity index (χ1v) is 10.8. The van der Waals surface area contributed by atoms with Gasteiger partial charge in [-0.1, -0.05) is 42.5 Å². The van der Waals surface area contributed by atoms with Crippen molar-refractivity contribution < 1.29 is 8.42 Å². The van der Waals surface area contributed by atoms with E-state index in [9.17, 15) is 8.42 Å². The lowest BCUT2D eigenvalue weighted by Crippen LogP contribution is -2.48. The highest BCUT2D eigenvalue weighted by Crippen LogP contribution is 2.38. The fourth-order valence-electron chi connectivity index (χ4n) is 4.47. The second-order valence-corrected chi connectivity index (χ2v) is 9.43. The van der Waals surface area contributed by atoms with Gasteiger partial charge in [0.2, 0.25) is 10.0 Å². The molecule has 1 saturated heterocycles. The molecule has 2 heterocycles. The Kier molecular flexibility index (Phi) is 4.63. The van der Waals surface area contributed by atoms with Crippen LogP contribution >= 0.6 is 0 Å². The molecule has 0 saturated carbocycles. The molecule has 2 aliphatic heterocycles. The van der Waals surface area contributed by atoms with E-state index in [4.69, 9.17) is 0 Å². The highest BCUT2D eigenvalue weighted by Gasteiger charge is 2.38. The Morgan fingerprint density at radius 2 is 1.77 bits per heavy atom. The van der Waals surface area contributed by atoms with E-state index in [2.05, 4.69) is 29.2 Å². The van der Waals surface area contributed by atoms with E-state index in [1.807, 2.05) is 19.1 Å². The van der Waals surface area contributed by atoms with E-state index in [1.165, 1.54) is 11.1 Å². The lowest BCUT2D eigenvalue weighted by atomic mass is 9.85. The quantitative estimate of drug-likeness (QED) is 0.832. The van der Waals surface area contributed by atoms with E-state index >= 15 is 0 Å². The molecule has 0 spiro atoms. The number of aryl methyl sites for hydroxylation is 1. The van der Waals surface area contributed by atoms with E-state index in [-0.39, 0.29) is 6.04 Å². The van der Waals surface area contributed by atoms with Crippen LogP contribution in [0.3, 0.4) is 0 Å². The van der Waals surface area contributed by atoms with Crippen LogP contribution in [0.5, 0.6) is 0 Å². The molecule has 4 rings (SSSR count). The minimum atomic E-state index is -3.47. The lowest BCUT2D eigenvalue weighted by molar-refractivity contribution is 0.0969. The maximum atomic E-state index is 13.2. The molecular formula is C21H26N2O2S. The number of hydrogen-bond donors (Lipinski definition) is 0. The summed E-state index contributed by atoms with van der Waals surface area (Å²) in [6, 6.07) is 16.2. The molecule has 5 heteroatoms. The van der Waals surface area contributed by atoms with Crippen molar-refractivity contribution in [1.82, 2.24) is 9.21 Å². The van der Waals surface area contributed by atoms with Gasteiger partial charge in [0.15, 0.2) is 0 Å². The number of sulfonamides is 1. The Labute approximate surface area is 156 Å². The summed E-state index contributed by atoms with van der Waals surface area (Å²) in [5.41, 5.74) is 3.60. The van der Waals surface area contributed by atoms with Gasteiger partial charge < -0.3 is 0 Å². The molecule has 138 valence electrons. The van der Waals surface area contributed by atoms with Gasteiger partial charge in [-0.15, -0.1) is 0 Å². The molecular weight excluding hydrogens is 344 g/mol. The smallest absolute Gasteiger partial charge is 0.243 e. The van der Waals surface area contributed by atoms with Crippen LogP contribution < -0.4 is 0 Å². The Morgan fingerprint density at radius 1 is 1.04 bits per heavy atom. The number of benzene rings is 2. The summed E-state index contributed by atoms with van der Waals surface area (Å²) in [5.74, 6) is 0. The topological polar surface area (TPSA) is 40.6 Å². The molecule has 0 amide bonds. The molecule has 2 atom stereocenters. The normalized spacial score (nSPS) is 23.5. The Hall–Kier alpha value is -1.69. The summed E-state index contributed by atoms with van der Waals surface area (Å²) in [7, 11) is -1.72. The van der Waals surface area contributed by atoms with Crippen molar-refractivity contribution in [3.8, 4) is 0 Å². The summed E-state index contributed by atoms with van der Waals surface area (Å²) in [6.07, 6.45) is 2.84. The summed E-state index contributed by atoms with van der Waals surface area (Å²) < 4.78 is 28.0. The van der Waals surface area contributed by atoms with Gasteiger partial charge in [0.05, 0.1) is 4.90 Å². The van der Waals surface area contributed by atoms with Crippen LogP contribution in [-0.4, -0.2) is 43.8 Å². The maximum absolute atomic E-state index is 13.2. The number of rotatable bonds is 3. The lowest BCUT2D eigenvalue weighted by Gasteiger charge is -2.45. The molecule has 0 aliphatic carbocycles. The van der Waals surface area contributed by atoms with Crippen molar-refractivity contribution in [3.63, 3.8) is 0 Å². The molecule has 1 fully saturated rings. The first kappa shape index (κ1) is 17.7. The Bertz CT molecular complexity index is 910. The largest absolute Gasteiger partial charge is 0.296 e. The summed E-state index contributed by atoms with van der Waals surface area (Å²) in [5, 5.41) is 0. The van der Waals surface area contributed by atoms with Crippen LogP contribution in [0.15, 0.2) is 53.4 Å². The van der Waals surface area contributed by atoms with Gasteiger partial charge in [0.1, 0.15) is 0 Å². The first-order valence-electron chi connectivity index (χ1n) is 9.34. The Morgan fingerprint density at radius 3 is 2.58 bits per heavy atom. The number of fused-ring (bicyclic) bond motifs is 3. The molecule has 2 aliphatic rings. The SMILES string of the molecule is Cc1ccccc1S(=O)(=O)N(C)[C@@H]1CCN2CCc3ccccc3[C@@H]2C1. The average Bonchev–Trinajstić information content (AvgIpc) is 2.67. The van der Waals surface area contributed by atoms with Gasteiger partial charge in [0, 0.05) is 32.2 Å². The predicted molar refractivity (Wildman–Crippen MR) is 104 cm³/mol. The zero-order valence-electron chi connectivity index (χ0n) is 15.4. The van der Waals surface area contributed by atoms with Crippen LogP contribution in [-0.2, 0) is 16.4 Å². The third-order valence-electron chi connectivity index (χ3n) is 6.03. The van der Waals surface area contributed by atoms with Crippen molar-refractivity contribution in [2.24, 2.45) is 0 Å². The molecule has 26 heavy (non-hydrogen) atoms. The van der Waals surface area contributed by atoms with Gasteiger partial charge in [-0.2, -0.15) is 4.31 Å². The van der Waals surface area contributed by atoms with E-state index in [0.717, 1.165) is 37.9 Å². The minimum absolute atomic E-state index is 0.0343. The maximum Gasteiger partial charge on any atom is 0.243 e. The molecule has 0 unspecified atom stereocenters. The van der Waals surface area contributed by atoms with Crippen LogP contribution in [0.1, 0.15) is 35.6 Å². The van der Waals surface area contributed by atoms with E-state index in [0.29, 0.717) is 10.9 Å². The van der Waals surface area contributed by atoms with Gasteiger partial charge >= 0.3 is 0 Å². The number of piperidine rings is 1. The first-order chi connectivity index (χ1) is 12.5. The second-order valence-electron chi connectivity index (χ2n) is 7.47. The van der Waals surface area contributed by atoms with E-state index in [1.54, 1.807) is 23.5 Å². The van der Waals surface area contributed by atoms with Gasteiger partial charge in [0.25, 0.3) is 0 Å². The average molecular weight is 371 g/mol. The van der Waals surface area contributed by atoms with Crippen molar-refractivity contribution in [3.05, 3.63) is 65.2 Å². The van der Waals surface area contributed by atoms with E-state index < -0.39 is 10.0 Å². The fourth-order valence-corrected chi connectivity index (χ4v) is 6.08. The fraction of sp³-hybridized carbons (Fsp3) is 0.429. The van der Waals surface area contributed by atoms with Gasteiger partial charge in [-0.05, 0) is 48.9 Å². The van der Waals surface area contributed by atoms with Gasteiger partial charge in [-0.25, -0.2) is 8.42 Å². The van der Waals surface area contributed by atoms with Gasteiger partial charge in [-0.3, -0.25) is 4.90 Å². The zero-order chi connectivity index (χ0) is 18.3. The molecule has 0 bridgehead atoms. The van der Waals surface area contributed by atoms with Crippen molar-refractivity contribution in [1.29, 1.82) is 0 Å². The van der Waals surface area contributed by atoms with Crippen molar-refractivity contribution in [2.75, 3.05) is 20.1 Å². The van der Waals surface area contributed by atoms with Crippen LogP contribution in [0.4, 0.5) is 0 Å². The molecule has 4 nitrogen and oxygen atoms in total. The number of hydrogen-bond acceptors (Lipinski definition) is 3. The molecule has 2 aromatic carbocycles. The molecule has 2 aromatic rings. The summed E-state index contributed by atoms with van der Waals surface area (Å²) in [6.45, 7) is 3.89. The van der Waals surface area contributed by atoms with Crippen LogP contribution in [0, 0.1) is 6.92 Å². The monoisotopic (exact) mass is 370 g/mol. The third-order valence-corrected chi connectivity index (χ3v) is 8.10.